The molecule has 1 amide bonds. The van der Waals surface area contributed by atoms with Gasteiger partial charge in [0.1, 0.15) is 0 Å². The van der Waals surface area contributed by atoms with Crippen LogP contribution in [0.15, 0.2) is 5.38 Å². The number of thiazole rings is 1. The lowest BCUT2D eigenvalue weighted by Crippen LogP contribution is -2.29. The lowest BCUT2D eigenvalue weighted by molar-refractivity contribution is -0.144. The summed E-state index contributed by atoms with van der Waals surface area (Å²) >= 11 is 1.62. The Morgan fingerprint density at radius 2 is 2.40 bits per heavy atom. The molecule has 112 valence electrons. The minimum Gasteiger partial charge on any atom is -0.465 e. The number of hydrogen-bond acceptors (Lipinski definition) is 5. The van der Waals surface area contributed by atoms with Crippen LogP contribution in [0.2, 0.25) is 0 Å². The zero-order valence-corrected chi connectivity index (χ0v) is 12.9. The molecule has 0 spiro atoms. The van der Waals surface area contributed by atoms with Crippen molar-refractivity contribution in [3.05, 3.63) is 16.1 Å². The van der Waals surface area contributed by atoms with E-state index in [0.717, 1.165) is 10.7 Å². The lowest BCUT2D eigenvalue weighted by atomic mass is 10.0. The van der Waals surface area contributed by atoms with Gasteiger partial charge in [0.05, 0.1) is 29.8 Å². The molecule has 0 N–H and O–H groups in total. The third-order valence-corrected chi connectivity index (χ3v) is 4.55. The highest BCUT2D eigenvalue weighted by Crippen LogP contribution is 2.21. The van der Waals surface area contributed by atoms with Crippen LogP contribution < -0.4 is 0 Å². The van der Waals surface area contributed by atoms with Gasteiger partial charge in [0.25, 0.3) is 0 Å². The Morgan fingerprint density at radius 1 is 1.65 bits per heavy atom. The van der Waals surface area contributed by atoms with E-state index in [4.69, 9.17) is 4.74 Å². The summed E-state index contributed by atoms with van der Waals surface area (Å²) in [4.78, 5) is 29.6. The van der Waals surface area contributed by atoms with Crippen LogP contribution in [0.3, 0.4) is 0 Å². The number of nitrogens with zero attached hydrogens (tertiary/aromatic N) is 2. The second kappa shape index (κ2) is 6.35. The van der Waals surface area contributed by atoms with Crippen molar-refractivity contribution in [3.8, 4) is 0 Å². The summed E-state index contributed by atoms with van der Waals surface area (Å²) < 4.78 is 4.87. The Bertz CT molecular complexity index is 504. The molecule has 1 aromatic rings. The van der Waals surface area contributed by atoms with Crippen molar-refractivity contribution in [2.45, 2.75) is 39.2 Å². The van der Waals surface area contributed by atoms with Crippen LogP contribution in [-0.4, -0.2) is 35.4 Å². The third kappa shape index (κ3) is 3.56. The molecule has 1 aliphatic heterocycles. The first-order valence-corrected chi connectivity index (χ1v) is 7.70. The van der Waals surface area contributed by atoms with Gasteiger partial charge in [-0.15, -0.1) is 11.3 Å². The van der Waals surface area contributed by atoms with Gasteiger partial charge >= 0.3 is 5.97 Å². The van der Waals surface area contributed by atoms with E-state index in [1.54, 1.807) is 23.3 Å². The topological polar surface area (TPSA) is 59.5 Å². The minimum atomic E-state index is -0.272. The van der Waals surface area contributed by atoms with Crippen molar-refractivity contribution < 1.29 is 15.8 Å². The smallest absolute Gasteiger partial charge is 0.309 e. The number of ether oxygens (including phenoxy) is 1. The molecule has 0 aliphatic carbocycles. The van der Waals surface area contributed by atoms with Gasteiger partial charge in [-0.05, 0) is 6.42 Å². The van der Waals surface area contributed by atoms with Crippen LogP contribution in [0.1, 0.15) is 44.7 Å². The molecule has 1 saturated heterocycles. The molecular formula is C14H22N2O3S. The molecule has 1 atom stereocenters. The van der Waals surface area contributed by atoms with E-state index >= 15 is 0 Å². The quantitative estimate of drug-likeness (QED) is 0.783. The number of amides is 1. The van der Waals surface area contributed by atoms with Crippen molar-refractivity contribution in [2.75, 3.05) is 13.7 Å². The van der Waals surface area contributed by atoms with Crippen molar-refractivity contribution >= 4 is 23.2 Å². The molecule has 1 aromatic heterocycles. The first-order valence-electron chi connectivity index (χ1n) is 6.82. The number of cyclic esters (lactones) is 1. The highest BCUT2D eigenvalue weighted by Gasteiger charge is 2.29. The van der Waals surface area contributed by atoms with Crippen LogP contribution in [0, 0.1) is 5.92 Å². The maximum Gasteiger partial charge on any atom is 0.309 e. The summed E-state index contributed by atoms with van der Waals surface area (Å²) in [6.45, 7) is 5.13. The van der Waals surface area contributed by atoms with Crippen LogP contribution in [0.4, 0.5) is 0 Å². The number of aromatic nitrogens is 1. The van der Waals surface area contributed by atoms with E-state index in [1.165, 1.54) is 0 Å². The van der Waals surface area contributed by atoms with Gasteiger partial charge in [0, 0.05) is 26.2 Å². The summed E-state index contributed by atoms with van der Waals surface area (Å²) in [5.74, 6) is -0.148. The van der Waals surface area contributed by atoms with Gasteiger partial charge in [-0.25, -0.2) is 4.98 Å². The Labute approximate surface area is 124 Å². The fraction of sp³-hybridized carbons (Fsp3) is 0.643. The number of carbonyl (C=O) groups excluding carboxylic acids is 2. The van der Waals surface area contributed by atoms with E-state index in [1.807, 2.05) is 5.38 Å². The summed E-state index contributed by atoms with van der Waals surface area (Å²) in [6, 6.07) is 0. The lowest BCUT2D eigenvalue weighted by Gasteiger charge is -2.17. The molecule has 2 rings (SSSR count). The molecule has 0 radical (unpaired) electrons. The van der Waals surface area contributed by atoms with Gasteiger partial charge in [0.15, 0.2) is 0 Å². The molecule has 20 heavy (non-hydrogen) atoms. The molecule has 5 nitrogen and oxygen atoms in total. The Morgan fingerprint density at radius 3 is 2.95 bits per heavy atom. The van der Waals surface area contributed by atoms with E-state index in [0.29, 0.717) is 25.5 Å². The van der Waals surface area contributed by atoms with Gasteiger partial charge < -0.3 is 9.64 Å². The average Bonchev–Trinajstić information content (AvgIpc) is 2.99. The van der Waals surface area contributed by atoms with Crippen LogP contribution in [-0.2, 0) is 20.9 Å². The number of carbonyl (C=O) groups is 2. The van der Waals surface area contributed by atoms with Crippen LogP contribution in [0.25, 0.3) is 0 Å². The zero-order valence-electron chi connectivity index (χ0n) is 12.1. The minimum absolute atomic E-state index is 0. The monoisotopic (exact) mass is 298 g/mol. The van der Waals surface area contributed by atoms with E-state index in [9.17, 15) is 9.59 Å². The molecule has 1 fully saturated rings. The molecule has 6 heteroatoms. The van der Waals surface area contributed by atoms with Crippen molar-refractivity contribution in [2.24, 2.45) is 5.92 Å². The van der Waals surface area contributed by atoms with Gasteiger partial charge in [-0.1, -0.05) is 13.8 Å². The Kier molecular flexibility index (Phi) is 4.75. The standard InChI is InChI=1S/C14H20N2O3S.H2/c1-9(2)13-15-11(8-20-13)7-16(3)12(17)6-10-4-5-19-14(10)18;/h8-10H,4-7H2,1-3H3;1H/t10-;/m1./s1. The number of rotatable bonds is 5. The molecular weight excluding hydrogens is 276 g/mol. The summed E-state index contributed by atoms with van der Waals surface area (Å²) in [7, 11) is 1.75. The summed E-state index contributed by atoms with van der Waals surface area (Å²) in [6.07, 6.45) is 0.878. The molecule has 0 bridgehead atoms. The van der Waals surface area contributed by atoms with Crippen molar-refractivity contribution in [1.82, 2.24) is 9.88 Å². The fourth-order valence-electron chi connectivity index (χ4n) is 2.08. The van der Waals surface area contributed by atoms with Gasteiger partial charge in [-0.3, -0.25) is 9.59 Å². The summed E-state index contributed by atoms with van der Waals surface area (Å²) in [5, 5.41) is 3.07. The highest BCUT2D eigenvalue weighted by atomic mass is 32.1. The van der Waals surface area contributed by atoms with Crippen molar-refractivity contribution in [3.63, 3.8) is 0 Å². The van der Waals surface area contributed by atoms with Crippen molar-refractivity contribution in [1.29, 1.82) is 0 Å². The van der Waals surface area contributed by atoms with E-state index in [-0.39, 0.29) is 25.6 Å². The highest BCUT2D eigenvalue weighted by molar-refractivity contribution is 7.09. The maximum absolute atomic E-state index is 12.1. The molecule has 0 aromatic carbocycles. The van der Waals surface area contributed by atoms with E-state index in [2.05, 4.69) is 18.8 Å². The van der Waals surface area contributed by atoms with Crippen LogP contribution >= 0.6 is 11.3 Å². The first-order chi connectivity index (χ1) is 9.47. The predicted octanol–water partition coefficient (Wildman–Crippen LogP) is 2.42. The van der Waals surface area contributed by atoms with Gasteiger partial charge in [0.2, 0.25) is 5.91 Å². The second-order valence-corrected chi connectivity index (χ2v) is 6.33. The molecule has 1 aliphatic rings. The number of hydrogen-bond donors (Lipinski definition) is 0. The summed E-state index contributed by atoms with van der Waals surface area (Å²) in [5.41, 5.74) is 0.906. The maximum atomic E-state index is 12.1. The zero-order chi connectivity index (χ0) is 14.7. The first kappa shape index (κ1) is 15.0. The predicted molar refractivity (Wildman–Crippen MR) is 78.5 cm³/mol. The number of esters is 1. The third-order valence-electron chi connectivity index (χ3n) is 3.35. The molecule has 0 saturated carbocycles. The fourth-order valence-corrected chi connectivity index (χ4v) is 2.91. The Balaban J connectivity index is 0.00000220. The van der Waals surface area contributed by atoms with E-state index < -0.39 is 0 Å². The Hall–Kier alpha value is -1.43. The normalized spacial score (nSPS) is 18.4. The second-order valence-electron chi connectivity index (χ2n) is 5.44. The molecule has 2 heterocycles. The average molecular weight is 298 g/mol. The molecule has 0 unspecified atom stereocenters. The SMILES string of the molecule is CC(C)c1nc(CN(C)C(=O)C[C@H]2CCOC2=O)cs1.[HH]. The largest absolute Gasteiger partial charge is 0.465 e. The van der Waals surface area contributed by atoms with Gasteiger partial charge in [-0.2, -0.15) is 0 Å². The van der Waals surface area contributed by atoms with Crippen LogP contribution in [0.5, 0.6) is 0 Å².